The number of rotatable bonds is 7. The van der Waals surface area contributed by atoms with Crippen LogP contribution in [0, 0.1) is 0 Å². The third-order valence-corrected chi connectivity index (χ3v) is 7.42. The number of hydrogen-bond donors (Lipinski definition) is 2. The lowest BCUT2D eigenvalue weighted by Gasteiger charge is -2.25. The minimum Gasteiger partial charge on any atom is -0.357 e. The van der Waals surface area contributed by atoms with Crippen LogP contribution >= 0.6 is 35.3 Å². The average molecular weight is 554 g/mol. The predicted molar refractivity (Wildman–Crippen MR) is 116 cm³/mol. The van der Waals surface area contributed by atoms with E-state index in [0.717, 1.165) is 35.5 Å². The number of sulfonamides is 1. The highest BCUT2D eigenvalue weighted by Gasteiger charge is 2.27. The van der Waals surface area contributed by atoms with Crippen molar-refractivity contribution in [2.45, 2.75) is 49.5 Å². The third-order valence-electron chi connectivity index (χ3n) is 3.98. The van der Waals surface area contributed by atoms with E-state index in [1.165, 1.54) is 4.31 Å². The maximum absolute atomic E-state index is 12.6. The van der Waals surface area contributed by atoms with Crippen molar-refractivity contribution in [2.75, 3.05) is 26.2 Å². The standard InChI is InChI=1S/C16H25F3N4O2S2.HI/c1-2-20-15(21-9-8-16(17,18)19)22-12-13-6-7-14(26-13)27(24,25)23-10-4-3-5-11-23;/h6-7H,2-5,8-12H2,1H3,(H2,20,21,22);1H. The van der Waals surface area contributed by atoms with Crippen molar-refractivity contribution in [2.24, 2.45) is 4.99 Å². The summed E-state index contributed by atoms with van der Waals surface area (Å²) in [6, 6.07) is 3.27. The molecule has 1 saturated heterocycles. The van der Waals surface area contributed by atoms with Crippen LogP contribution in [-0.4, -0.2) is 51.0 Å². The molecule has 0 saturated carbocycles. The maximum atomic E-state index is 12.6. The molecule has 1 aliphatic rings. The zero-order chi connectivity index (χ0) is 19.9. The molecule has 2 N–H and O–H groups in total. The van der Waals surface area contributed by atoms with Gasteiger partial charge in [0.15, 0.2) is 5.96 Å². The molecule has 2 heterocycles. The Hall–Kier alpha value is -0.600. The van der Waals surface area contributed by atoms with Crippen LogP contribution in [-0.2, 0) is 16.6 Å². The third kappa shape index (κ3) is 8.03. The van der Waals surface area contributed by atoms with Gasteiger partial charge in [0.1, 0.15) is 4.21 Å². The van der Waals surface area contributed by atoms with Gasteiger partial charge in [-0.2, -0.15) is 17.5 Å². The van der Waals surface area contributed by atoms with Gasteiger partial charge in [-0.25, -0.2) is 13.4 Å². The number of hydrogen-bond acceptors (Lipinski definition) is 4. The molecular formula is C16H26F3IN4O2S2. The van der Waals surface area contributed by atoms with Gasteiger partial charge in [0.2, 0.25) is 0 Å². The number of nitrogens with one attached hydrogen (secondary N) is 2. The van der Waals surface area contributed by atoms with E-state index in [1.54, 1.807) is 12.1 Å². The van der Waals surface area contributed by atoms with Gasteiger partial charge < -0.3 is 10.6 Å². The molecule has 0 aromatic carbocycles. The number of guanidine groups is 1. The maximum Gasteiger partial charge on any atom is 0.390 e. The highest BCUT2D eigenvalue weighted by Crippen LogP contribution is 2.27. The first kappa shape index (κ1) is 25.4. The van der Waals surface area contributed by atoms with Crippen molar-refractivity contribution in [3.05, 3.63) is 17.0 Å². The van der Waals surface area contributed by atoms with Gasteiger partial charge in [0.05, 0.1) is 13.0 Å². The van der Waals surface area contributed by atoms with Crippen LogP contribution in [0.25, 0.3) is 0 Å². The molecule has 0 unspecified atom stereocenters. The summed E-state index contributed by atoms with van der Waals surface area (Å²) in [6.07, 6.45) is -2.38. The van der Waals surface area contributed by atoms with Gasteiger partial charge in [-0.3, -0.25) is 0 Å². The van der Waals surface area contributed by atoms with Gasteiger partial charge in [0.25, 0.3) is 10.0 Å². The van der Waals surface area contributed by atoms with Crippen LogP contribution in [0.1, 0.15) is 37.5 Å². The molecular weight excluding hydrogens is 528 g/mol. The topological polar surface area (TPSA) is 73.8 Å². The highest BCUT2D eigenvalue weighted by atomic mass is 127. The number of nitrogens with zero attached hydrogens (tertiary/aromatic N) is 2. The Morgan fingerprint density at radius 3 is 2.50 bits per heavy atom. The Morgan fingerprint density at radius 1 is 1.21 bits per heavy atom. The summed E-state index contributed by atoms with van der Waals surface area (Å²) in [4.78, 5) is 4.98. The summed E-state index contributed by atoms with van der Waals surface area (Å²) in [5.74, 6) is 0.274. The van der Waals surface area contributed by atoms with E-state index in [0.29, 0.717) is 19.6 Å². The Balaban J connectivity index is 0.00000392. The molecule has 28 heavy (non-hydrogen) atoms. The summed E-state index contributed by atoms with van der Waals surface area (Å²) in [7, 11) is -3.47. The monoisotopic (exact) mass is 554 g/mol. The van der Waals surface area contributed by atoms with Crippen LogP contribution in [0.5, 0.6) is 0 Å². The van der Waals surface area contributed by atoms with Crippen LogP contribution in [0.15, 0.2) is 21.3 Å². The molecule has 12 heteroatoms. The van der Waals surface area contributed by atoms with Crippen LogP contribution in [0.3, 0.4) is 0 Å². The fraction of sp³-hybridized carbons (Fsp3) is 0.688. The first-order valence-corrected chi connectivity index (χ1v) is 11.2. The molecule has 0 atom stereocenters. The summed E-state index contributed by atoms with van der Waals surface area (Å²) in [5, 5.41) is 5.51. The molecule has 1 aromatic rings. The summed E-state index contributed by atoms with van der Waals surface area (Å²) in [5.41, 5.74) is 0. The summed E-state index contributed by atoms with van der Waals surface area (Å²) >= 11 is 1.15. The van der Waals surface area contributed by atoms with E-state index in [9.17, 15) is 21.6 Å². The van der Waals surface area contributed by atoms with Gasteiger partial charge in [0, 0.05) is 31.1 Å². The van der Waals surface area contributed by atoms with Crippen LogP contribution < -0.4 is 10.6 Å². The first-order valence-electron chi connectivity index (χ1n) is 8.90. The first-order chi connectivity index (χ1) is 12.7. The molecule has 1 aromatic heterocycles. The minimum absolute atomic E-state index is 0. The Labute approximate surface area is 185 Å². The Morgan fingerprint density at radius 2 is 1.89 bits per heavy atom. The van der Waals surface area contributed by atoms with E-state index in [1.807, 2.05) is 6.92 Å². The quantitative estimate of drug-likeness (QED) is 0.307. The lowest BCUT2D eigenvalue weighted by Crippen LogP contribution is -2.38. The van der Waals surface area contributed by atoms with Crippen molar-refractivity contribution in [1.29, 1.82) is 0 Å². The van der Waals surface area contributed by atoms with Gasteiger partial charge in [-0.05, 0) is 31.9 Å². The van der Waals surface area contributed by atoms with E-state index < -0.39 is 22.6 Å². The van der Waals surface area contributed by atoms with Crippen molar-refractivity contribution in [3.63, 3.8) is 0 Å². The molecule has 1 aliphatic heterocycles. The molecule has 2 rings (SSSR count). The molecule has 6 nitrogen and oxygen atoms in total. The second-order valence-corrected chi connectivity index (χ2v) is 9.51. The van der Waals surface area contributed by atoms with Gasteiger partial charge >= 0.3 is 6.18 Å². The number of piperidine rings is 1. The molecule has 0 spiro atoms. The number of thiophene rings is 1. The molecule has 0 bridgehead atoms. The molecule has 0 aliphatic carbocycles. The summed E-state index contributed by atoms with van der Waals surface area (Å²) in [6.45, 7) is 3.34. The van der Waals surface area contributed by atoms with Crippen molar-refractivity contribution in [3.8, 4) is 0 Å². The van der Waals surface area contributed by atoms with Crippen molar-refractivity contribution < 1.29 is 21.6 Å². The molecule has 162 valence electrons. The highest BCUT2D eigenvalue weighted by molar-refractivity contribution is 14.0. The van der Waals surface area contributed by atoms with E-state index in [-0.39, 0.29) is 47.2 Å². The largest absolute Gasteiger partial charge is 0.390 e. The number of aliphatic imine (C=N–C) groups is 1. The minimum atomic E-state index is -4.23. The smallest absolute Gasteiger partial charge is 0.357 e. The van der Waals surface area contributed by atoms with E-state index in [4.69, 9.17) is 0 Å². The molecule has 1 fully saturated rings. The summed E-state index contributed by atoms with van der Waals surface area (Å²) < 4.78 is 63.8. The number of halogens is 4. The average Bonchev–Trinajstić information content (AvgIpc) is 3.09. The normalized spacial score (nSPS) is 16.5. The van der Waals surface area contributed by atoms with E-state index in [2.05, 4.69) is 15.6 Å². The zero-order valence-electron chi connectivity index (χ0n) is 15.6. The second-order valence-electron chi connectivity index (χ2n) is 6.17. The van der Waals surface area contributed by atoms with Gasteiger partial charge in [-0.1, -0.05) is 6.42 Å². The predicted octanol–water partition coefficient (Wildman–Crippen LogP) is 3.55. The molecule has 0 radical (unpaired) electrons. The Bertz CT molecular complexity index is 732. The number of alkyl halides is 3. The SMILES string of the molecule is CCNC(=NCc1ccc(S(=O)(=O)N2CCCCC2)s1)NCCC(F)(F)F.I. The lowest BCUT2D eigenvalue weighted by molar-refractivity contribution is -0.132. The second kappa shape index (κ2) is 11.6. The van der Waals surface area contributed by atoms with Crippen LogP contribution in [0.2, 0.25) is 0 Å². The lowest BCUT2D eigenvalue weighted by atomic mass is 10.2. The fourth-order valence-corrected chi connectivity index (χ4v) is 5.59. The van der Waals surface area contributed by atoms with Crippen LogP contribution in [0.4, 0.5) is 13.2 Å². The molecule has 0 amide bonds. The van der Waals surface area contributed by atoms with Crippen molar-refractivity contribution >= 4 is 51.3 Å². The van der Waals surface area contributed by atoms with Crippen molar-refractivity contribution in [1.82, 2.24) is 14.9 Å². The van der Waals surface area contributed by atoms with E-state index >= 15 is 0 Å². The van der Waals surface area contributed by atoms with Gasteiger partial charge in [-0.15, -0.1) is 35.3 Å². The Kier molecular flexibility index (Phi) is 10.5. The fourth-order valence-electron chi connectivity index (χ4n) is 2.64. The zero-order valence-corrected chi connectivity index (χ0v) is 19.6.